The van der Waals surface area contributed by atoms with Crippen LogP contribution < -0.4 is 5.32 Å². The van der Waals surface area contributed by atoms with Crippen molar-refractivity contribution in [3.63, 3.8) is 0 Å². The number of rotatable bonds is 7. The predicted molar refractivity (Wildman–Crippen MR) is 90.5 cm³/mol. The van der Waals surface area contributed by atoms with Crippen molar-refractivity contribution in [2.75, 3.05) is 39.7 Å². The highest BCUT2D eigenvalue weighted by molar-refractivity contribution is 8.13. The van der Waals surface area contributed by atoms with Gasteiger partial charge in [-0.2, -0.15) is 11.8 Å². The van der Waals surface area contributed by atoms with Gasteiger partial charge in [0.05, 0.1) is 12.2 Å². The van der Waals surface area contributed by atoms with Gasteiger partial charge in [-0.15, -0.1) is 11.3 Å². The molecule has 0 bridgehead atoms. The molecule has 7 heteroatoms. The van der Waals surface area contributed by atoms with Crippen LogP contribution in [-0.4, -0.2) is 54.7 Å². The van der Waals surface area contributed by atoms with E-state index >= 15 is 0 Å². The first kappa shape index (κ1) is 16.8. The second kappa shape index (κ2) is 9.63. The summed E-state index contributed by atoms with van der Waals surface area (Å²) in [4.78, 5) is 11.2. The van der Waals surface area contributed by atoms with Crippen LogP contribution in [0.5, 0.6) is 0 Å². The molecule has 0 unspecified atom stereocenters. The lowest BCUT2D eigenvalue weighted by Gasteiger charge is -2.05. The molecule has 0 aliphatic heterocycles. The molecule has 1 N–H and O–H groups in total. The van der Waals surface area contributed by atoms with E-state index in [2.05, 4.69) is 39.7 Å². The van der Waals surface area contributed by atoms with Gasteiger partial charge in [-0.05, 0) is 20.4 Å². The zero-order chi connectivity index (χ0) is 14.1. The van der Waals surface area contributed by atoms with Crippen LogP contribution in [0.3, 0.4) is 0 Å². The molecule has 1 rings (SSSR count). The number of hydrogen-bond acceptors (Lipinski definition) is 6. The Morgan fingerprint density at radius 2 is 2.32 bits per heavy atom. The van der Waals surface area contributed by atoms with Crippen LogP contribution in [0, 0.1) is 0 Å². The van der Waals surface area contributed by atoms with E-state index in [1.54, 1.807) is 23.1 Å². The highest BCUT2D eigenvalue weighted by atomic mass is 32.2. The SMILES string of the molecule is CN/C(=N/CCSCc1csc(CN(C)C)n1)SC. The van der Waals surface area contributed by atoms with E-state index in [9.17, 15) is 0 Å². The van der Waals surface area contributed by atoms with Crippen LogP contribution in [0.4, 0.5) is 0 Å². The van der Waals surface area contributed by atoms with Gasteiger partial charge in [0.2, 0.25) is 0 Å². The molecule has 0 amide bonds. The molecular formula is C12H22N4S3. The average Bonchev–Trinajstić information content (AvgIpc) is 2.80. The standard InChI is InChI=1S/C12H22N4S3/c1-13-12(17-4)14-5-6-18-8-10-9-19-11(15-10)7-16(2)3/h9H,5-8H2,1-4H3,(H,13,14). The maximum Gasteiger partial charge on any atom is 0.156 e. The summed E-state index contributed by atoms with van der Waals surface area (Å²) >= 11 is 5.28. The van der Waals surface area contributed by atoms with Gasteiger partial charge in [0.25, 0.3) is 0 Å². The van der Waals surface area contributed by atoms with Crippen LogP contribution in [0.25, 0.3) is 0 Å². The van der Waals surface area contributed by atoms with Crippen molar-refractivity contribution < 1.29 is 0 Å². The third kappa shape index (κ3) is 7.20. The number of hydrogen-bond donors (Lipinski definition) is 1. The predicted octanol–water partition coefficient (Wildman–Crippen LogP) is 2.38. The lowest BCUT2D eigenvalue weighted by molar-refractivity contribution is 0.401. The second-order valence-corrected chi connectivity index (χ2v) is 7.01. The number of amidine groups is 1. The molecule has 0 aliphatic rings. The van der Waals surface area contributed by atoms with E-state index in [0.717, 1.165) is 29.8 Å². The monoisotopic (exact) mass is 318 g/mol. The zero-order valence-corrected chi connectivity index (χ0v) is 14.4. The molecule has 0 spiro atoms. The molecule has 0 aliphatic carbocycles. The molecule has 0 atom stereocenters. The maximum atomic E-state index is 4.62. The van der Waals surface area contributed by atoms with Gasteiger partial charge in [-0.3, -0.25) is 4.99 Å². The molecule has 0 aromatic carbocycles. The van der Waals surface area contributed by atoms with Crippen molar-refractivity contribution in [1.29, 1.82) is 0 Å². The molecule has 4 nitrogen and oxygen atoms in total. The Morgan fingerprint density at radius 1 is 1.53 bits per heavy atom. The molecule has 0 radical (unpaired) electrons. The fraction of sp³-hybridized carbons (Fsp3) is 0.667. The van der Waals surface area contributed by atoms with Crippen LogP contribution >= 0.6 is 34.9 Å². The summed E-state index contributed by atoms with van der Waals surface area (Å²) in [6.45, 7) is 1.79. The lowest BCUT2D eigenvalue weighted by atomic mass is 10.5. The van der Waals surface area contributed by atoms with Crippen LogP contribution in [0.15, 0.2) is 10.4 Å². The summed E-state index contributed by atoms with van der Waals surface area (Å²) in [6.07, 6.45) is 2.03. The Labute approximate surface area is 128 Å². The van der Waals surface area contributed by atoms with Gasteiger partial charge < -0.3 is 10.2 Å². The summed E-state index contributed by atoms with van der Waals surface area (Å²) in [6, 6.07) is 0. The van der Waals surface area contributed by atoms with Gasteiger partial charge in [0, 0.05) is 30.5 Å². The number of aliphatic imine (C=N–C) groups is 1. The minimum absolute atomic E-state index is 0.858. The number of nitrogens with one attached hydrogen (secondary N) is 1. The topological polar surface area (TPSA) is 40.5 Å². The summed E-state index contributed by atoms with van der Waals surface area (Å²) in [5, 5.41) is 7.43. The van der Waals surface area contributed by atoms with Crippen LogP contribution in [-0.2, 0) is 12.3 Å². The number of thiazole rings is 1. The number of nitrogens with zero attached hydrogens (tertiary/aromatic N) is 3. The largest absolute Gasteiger partial charge is 0.368 e. The number of aromatic nitrogens is 1. The zero-order valence-electron chi connectivity index (χ0n) is 12.0. The van der Waals surface area contributed by atoms with E-state index in [4.69, 9.17) is 0 Å². The van der Waals surface area contributed by atoms with Gasteiger partial charge in [0.1, 0.15) is 5.01 Å². The molecule has 1 aromatic heterocycles. The Balaban J connectivity index is 2.22. The molecule has 0 fully saturated rings. The Hall–Kier alpha value is -0.240. The van der Waals surface area contributed by atoms with Gasteiger partial charge in [-0.25, -0.2) is 4.98 Å². The maximum absolute atomic E-state index is 4.62. The van der Waals surface area contributed by atoms with E-state index in [-0.39, 0.29) is 0 Å². The first-order valence-electron chi connectivity index (χ1n) is 6.07. The Morgan fingerprint density at radius 3 is 2.95 bits per heavy atom. The summed E-state index contributed by atoms with van der Waals surface area (Å²) in [5.74, 6) is 2.01. The highest BCUT2D eigenvalue weighted by Gasteiger charge is 2.03. The Bertz CT molecular complexity index is 384. The van der Waals surface area contributed by atoms with Crippen LogP contribution in [0.1, 0.15) is 10.7 Å². The van der Waals surface area contributed by atoms with Gasteiger partial charge in [-0.1, -0.05) is 11.8 Å². The third-order valence-electron chi connectivity index (χ3n) is 2.20. The molecule has 19 heavy (non-hydrogen) atoms. The van der Waals surface area contributed by atoms with Gasteiger partial charge >= 0.3 is 0 Å². The van der Waals surface area contributed by atoms with Crippen molar-refractivity contribution in [3.8, 4) is 0 Å². The third-order valence-corrected chi connectivity index (χ3v) is 4.77. The molecule has 108 valence electrons. The van der Waals surface area contributed by atoms with E-state index in [1.807, 2.05) is 25.1 Å². The minimum Gasteiger partial charge on any atom is -0.368 e. The number of thioether (sulfide) groups is 2. The smallest absolute Gasteiger partial charge is 0.156 e. The van der Waals surface area contributed by atoms with Crippen molar-refractivity contribution in [1.82, 2.24) is 15.2 Å². The fourth-order valence-electron chi connectivity index (χ4n) is 1.39. The van der Waals surface area contributed by atoms with Crippen LogP contribution in [0.2, 0.25) is 0 Å². The molecule has 1 aromatic rings. The van der Waals surface area contributed by atoms with Crippen molar-refractivity contribution in [3.05, 3.63) is 16.1 Å². The summed E-state index contributed by atoms with van der Waals surface area (Å²) < 4.78 is 0. The molecular weight excluding hydrogens is 296 g/mol. The summed E-state index contributed by atoms with van der Waals surface area (Å²) in [5.41, 5.74) is 1.19. The molecule has 0 saturated carbocycles. The lowest BCUT2D eigenvalue weighted by Crippen LogP contribution is -2.14. The second-order valence-electron chi connectivity index (χ2n) is 4.16. The van der Waals surface area contributed by atoms with Crippen molar-refractivity contribution in [2.45, 2.75) is 12.3 Å². The quantitative estimate of drug-likeness (QED) is 0.475. The molecule has 1 heterocycles. The fourth-order valence-corrected chi connectivity index (χ4v) is 3.56. The Kier molecular flexibility index (Phi) is 8.52. The van der Waals surface area contributed by atoms with E-state index in [1.165, 1.54) is 10.7 Å². The average molecular weight is 319 g/mol. The van der Waals surface area contributed by atoms with E-state index in [0.29, 0.717) is 0 Å². The first-order valence-corrected chi connectivity index (χ1v) is 9.33. The summed E-state index contributed by atoms with van der Waals surface area (Å²) in [7, 11) is 6.04. The highest BCUT2D eigenvalue weighted by Crippen LogP contribution is 2.16. The normalized spacial score (nSPS) is 12.2. The van der Waals surface area contributed by atoms with Crippen molar-refractivity contribution >= 4 is 40.0 Å². The van der Waals surface area contributed by atoms with E-state index < -0.39 is 0 Å². The van der Waals surface area contributed by atoms with Gasteiger partial charge in [0.15, 0.2) is 5.17 Å². The molecule has 0 saturated heterocycles. The first-order chi connectivity index (χ1) is 9.15. The van der Waals surface area contributed by atoms with Crippen molar-refractivity contribution in [2.24, 2.45) is 4.99 Å². The minimum atomic E-state index is 0.858.